The molecule has 1 atom stereocenters. The number of hydrogen-bond donors (Lipinski definition) is 3. The second kappa shape index (κ2) is 10.0. The second-order valence-electron chi connectivity index (χ2n) is 7.67. The van der Waals surface area contributed by atoms with E-state index in [-0.39, 0.29) is 22.8 Å². The SMILES string of the molecule is C[C@@H](Oc1cc(-n2cnc3cnc(CNCCO)cc32)sc1C(N)=O)c1ccccc1C(F)(F)F. The number of thiophene rings is 1. The molecule has 0 aliphatic heterocycles. The lowest BCUT2D eigenvalue weighted by atomic mass is 10.0. The molecule has 0 radical (unpaired) electrons. The summed E-state index contributed by atoms with van der Waals surface area (Å²) in [4.78, 5) is 20.9. The van der Waals surface area contributed by atoms with Crippen molar-refractivity contribution in [1.82, 2.24) is 19.9 Å². The molecule has 0 saturated heterocycles. The summed E-state index contributed by atoms with van der Waals surface area (Å²) in [5, 5.41) is 12.5. The highest BCUT2D eigenvalue weighted by Gasteiger charge is 2.35. The van der Waals surface area contributed by atoms with Crippen molar-refractivity contribution in [1.29, 1.82) is 0 Å². The lowest BCUT2D eigenvalue weighted by Gasteiger charge is -2.19. The number of primary amides is 1. The number of halogens is 3. The zero-order valence-electron chi connectivity index (χ0n) is 18.5. The molecule has 0 unspecified atom stereocenters. The van der Waals surface area contributed by atoms with Crippen LogP contribution in [0.25, 0.3) is 16.0 Å². The third kappa shape index (κ3) is 5.29. The first-order chi connectivity index (χ1) is 16.7. The zero-order valence-corrected chi connectivity index (χ0v) is 19.4. The molecule has 4 N–H and O–H groups in total. The van der Waals surface area contributed by atoms with E-state index in [9.17, 15) is 18.0 Å². The summed E-state index contributed by atoms with van der Waals surface area (Å²) < 4.78 is 48.0. The molecule has 0 aliphatic rings. The maximum atomic E-state index is 13.5. The quantitative estimate of drug-likeness (QED) is 0.298. The number of rotatable bonds is 9. The Kier molecular flexibility index (Phi) is 7.05. The van der Waals surface area contributed by atoms with Crippen molar-refractivity contribution in [3.05, 3.63) is 70.6 Å². The minimum Gasteiger partial charge on any atom is -0.484 e. The number of carbonyl (C=O) groups excluding carboxylic acids is 1. The van der Waals surface area contributed by atoms with E-state index in [1.165, 1.54) is 25.1 Å². The fourth-order valence-corrected chi connectivity index (χ4v) is 4.55. The number of aromatic nitrogens is 3. The predicted molar refractivity (Wildman–Crippen MR) is 125 cm³/mol. The van der Waals surface area contributed by atoms with Gasteiger partial charge >= 0.3 is 6.18 Å². The summed E-state index contributed by atoms with van der Waals surface area (Å²) in [6, 6.07) is 8.51. The lowest BCUT2D eigenvalue weighted by Crippen LogP contribution is -2.18. The average molecular weight is 506 g/mol. The maximum absolute atomic E-state index is 13.5. The smallest absolute Gasteiger partial charge is 0.416 e. The minimum absolute atomic E-state index is 0.0000881. The topological polar surface area (TPSA) is 115 Å². The van der Waals surface area contributed by atoms with Gasteiger partial charge in [0.2, 0.25) is 0 Å². The molecular weight excluding hydrogens is 483 g/mol. The van der Waals surface area contributed by atoms with Crippen LogP contribution < -0.4 is 15.8 Å². The summed E-state index contributed by atoms with van der Waals surface area (Å²) in [6.45, 7) is 2.34. The fraction of sp³-hybridized carbons (Fsp3) is 0.261. The molecule has 1 amide bonds. The number of hydrogen-bond acceptors (Lipinski definition) is 7. The monoisotopic (exact) mass is 505 g/mol. The van der Waals surface area contributed by atoms with Gasteiger partial charge in [0.15, 0.2) is 0 Å². The van der Waals surface area contributed by atoms with Crippen molar-refractivity contribution in [2.45, 2.75) is 25.7 Å². The van der Waals surface area contributed by atoms with Crippen LogP contribution >= 0.6 is 11.3 Å². The number of imidazole rings is 1. The van der Waals surface area contributed by atoms with Gasteiger partial charge < -0.3 is 20.9 Å². The minimum atomic E-state index is -4.55. The number of fused-ring (bicyclic) bond motifs is 1. The normalized spacial score (nSPS) is 12.7. The molecule has 4 aromatic rings. The summed E-state index contributed by atoms with van der Waals surface area (Å²) in [7, 11) is 0. The van der Waals surface area contributed by atoms with Crippen LogP contribution in [-0.2, 0) is 12.7 Å². The van der Waals surface area contributed by atoms with Gasteiger partial charge in [0, 0.05) is 24.7 Å². The van der Waals surface area contributed by atoms with E-state index in [4.69, 9.17) is 15.6 Å². The first-order valence-electron chi connectivity index (χ1n) is 10.6. The van der Waals surface area contributed by atoms with Crippen LogP contribution in [-0.4, -0.2) is 38.7 Å². The Labute approximate surface area is 202 Å². The highest BCUT2D eigenvalue weighted by Crippen LogP contribution is 2.39. The molecule has 35 heavy (non-hydrogen) atoms. The van der Waals surface area contributed by atoms with E-state index in [1.54, 1.807) is 23.2 Å². The van der Waals surface area contributed by atoms with Gasteiger partial charge in [0.1, 0.15) is 33.6 Å². The second-order valence-corrected chi connectivity index (χ2v) is 8.70. The maximum Gasteiger partial charge on any atom is 0.416 e. The van der Waals surface area contributed by atoms with E-state index in [1.807, 2.05) is 6.07 Å². The molecule has 0 bridgehead atoms. The van der Waals surface area contributed by atoms with Crippen LogP contribution in [0.2, 0.25) is 0 Å². The Balaban J connectivity index is 1.68. The first kappa shape index (κ1) is 24.6. The molecule has 4 rings (SSSR count). The van der Waals surface area contributed by atoms with Crippen molar-refractivity contribution in [3.8, 4) is 10.8 Å². The molecule has 0 aliphatic carbocycles. The van der Waals surface area contributed by atoms with Gasteiger partial charge in [-0.25, -0.2) is 4.98 Å². The Morgan fingerprint density at radius 1 is 1.29 bits per heavy atom. The molecule has 3 aromatic heterocycles. The number of amides is 1. The number of nitrogens with zero attached hydrogens (tertiary/aromatic N) is 3. The number of ether oxygens (including phenoxy) is 1. The summed E-state index contributed by atoms with van der Waals surface area (Å²) >= 11 is 1.05. The molecule has 184 valence electrons. The number of aliphatic hydroxyl groups excluding tert-OH is 1. The summed E-state index contributed by atoms with van der Waals surface area (Å²) in [6.07, 6.45) is -2.38. The molecule has 3 heterocycles. The van der Waals surface area contributed by atoms with Gasteiger partial charge in [-0.15, -0.1) is 11.3 Å². The number of nitrogens with two attached hydrogens (primary N) is 1. The van der Waals surface area contributed by atoms with Crippen LogP contribution in [0, 0.1) is 0 Å². The van der Waals surface area contributed by atoms with Crippen LogP contribution in [0.4, 0.5) is 13.2 Å². The number of nitrogens with one attached hydrogen (secondary N) is 1. The van der Waals surface area contributed by atoms with E-state index < -0.39 is 23.8 Å². The highest BCUT2D eigenvalue weighted by atomic mass is 32.1. The van der Waals surface area contributed by atoms with Gasteiger partial charge in [0.25, 0.3) is 5.91 Å². The Bertz CT molecular complexity index is 1350. The number of pyridine rings is 1. The molecule has 12 heteroatoms. The van der Waals surface area contributed by atoms with Crippen molar-refractivity contribution in [2.75, 3.05) is 13.2 Å². The summed E-state index contributed by atoms with van der Waals surface area (Å²) in [5.74, 6) is -0.671. The molecule has 0 saturated carbocycles. The van der Waals surface area contributed by atoms with Crippen molar-refractivity contribution in [2.24, 2.45) is 5.73 Å². The van der Waals surface area contributed by atoms with E-state index >= 15 is 0 Å². The van der Waals surface area contributed by atoms with E-state index in [2.05, 4.69) is 15.3 Å². The van der Waals surface area contributed by atoms with Crippen LogP contribution in [0.5, 0.6) is 5.75 Å². The van der Waals surface area contributed by atoms with Crippen molar-refractivity contribution < 1.29 is 27.8 Å². The Hall–Kier alpha value is -3.48. The van der Waals surface area contributed by atoms with Gasteiger partial charge in [-0.1, -0.05) is 18.2 Å². The number of aliphatic hydroxyl groups is 1. The highest BCUT2D eigenvalue weighted by molar-refractivity contribution is 7.16. The third-order valence-electron chi connectivity index (χ3n) is 5.24. The fourth-order valence-electron chi connectivity index (χ4n) is 3.63. The van der Waals surface area contributed by atoms with Crippen LogP contribution in [0.1, 0.15) is 39.5 Å². The molecule has 0 fully saturated rings. The van der Waals surface area contributed by atoms with E-state index in [0.717, 1.165) is 17.4 Å². The van der Waals surface area contributed by atoms with E-state index in [0.29, 0.717) is 34.8 Å². The lowest BCUT2D eigenvalue weighted by molar-refractivity contribution is -0.139. The van der Waals surface area contributed by atoms with Crippen molar-refractivity contribution >= 4 is 28.3 Å². The first-order valence-corrected chi connectivity index (χ1v) is 11.4. The predicted octanol–water partition coefficient (Wildman–Crippen LogP) is 3.82. The number of carbonyl (C=O) groups is 1. The molecule has 1 aromatic carbocycles. The number of alkyl halides is 3. The largest absolute Gasteiger partial charge is 0.484 e. The van der Waals surface area contributed by atoms with Crippen LogP contribution in [0.3, 0.4) is 0 Å². The summed E-state index contributed by atoms with van der Waals surface area (Å²) in [5.41, 5.74) is 6.72. The van der Waals surface area contributed by atoms with Gasteiger partial charge in [0.05, 0.1) is 29.6 Å². The van der Waals surface area contributed by atoms with Gasteiger partial charge in [-0.2, -0.15) is 13.2 Å². The average Bonchev–Trinajstić information content (AvgIpc) is 3.42. The molecular formula is C23H22F3N5O3S. The molecule has 0 spiro atoms. The standard InChI is InChI=1S/C23H22F3N5O3S/c1-13(15-4-2-3-5-16(15)23(24,25)26)34-19-9-20(35-21(19)22(27)33)31-12-30-17-11-29-14(8-18(17)31)10-28-6-7-32/h2-5,8-9,11-13,28,32H,6-7,10H2,1H3,(H2,27,33)/t13-/m1/s1. The molecule has 8 nitrogen and oxygen atoms in total. The number of benzene rings is 1. The van der Waals surface area contributed by atoms with Crippen LogP contribution in [0.15, 0.2) is 48.9 Å². The zero-order chi connectivity index (χ0) is 25.2. The van der Waals surface area contributed by atoms with Gasteiger partial charge in [-0.05, 0) is 19.1 Å². The third-order valence-corrected chi connectivity index (χ3v) is 6.37. The Morgan fingerprint density at radius 2 is 2.06 bits per heavy atom. The van der Waals surface area contributed by atoms with Crippen molar-refractivity contribution in [3.63, 3.8) is 0 Å². The Morgan fingerprint density at radius 3 is 2.77 bits per heavy atom. The van der Waals surface area contributed by atoms with Gasteiger partial charge in [-0.3, -0.25) is 14.3 Å².